The van der Waals surface area contributed by atoms with E-state index in [0.29, 0.717) is 37.6 Å². The highest BCUT2D eigenvalue weighted by Gasteiger charge is 2.25. The van der Waals surface area contributed by atoms with Gasteiger partial charge in [-0.25, -0.2) is 4.79 Å². The Labute approximate surface area is 174 Å². The summed E-state index contributed by atoms with van der Waals surface area (Å²) in [5.41, 5.74) is 0.249. The first-order valence-electron chi connectivity index (χ1n) is 10.6. The van der Waals surface area contributed by atoms with Gasteiger partial charge in [0.25, 0.3) is 0 Å². The molecule has 1 amide bonds. The van der Waals surface area contributed by atoms with Gasteiger partial charge in [-0.1, -0.05) is 6.42 Å². The number of likely N-dealkylation sites (tertiary alicyclic amines) is 1. The van der Waals surface area contributed by atoms with Crippen LogP contribution >= 0.6 is 0 Å². The second-order valence-corrected chi connectivity index (χ2v) is 8.71. The number of hydrogen-bond acceptors (Lipinski definition) is 5. The van der Waals surface area contributed by atoms with Gasteiger partial charge >= 0.3 is 6.09 Å². The number of nitrogens with zero attached hydrogens (tertiary/aromatic N) is 2. The molecule has 1 aliphatic heterocycles. The predicted molar refractivity (Wildman–Crippen MR) is 112 cm³/mol. The van der Waals surface area contributed by atoms with Crippen molar-refractivity contribution in [2.75, 3.05) is 13.1 Å². The summed E-state index contributed by atoms with van der Waals surface area (Å²) >= 11 is 0. The summed E-state index contributed by atoms with van der Waals surface area (Å²) in [5.74, 6) is 0.890. The number of ether oxygens (including phenoxy) is 2. The quantitative estimate of drug-likeness (QED) is 0.779. The summed E-state index contributed by atoms with van der Waals surface area (Å²) < 4.78 is 11.1. The zero-order valence-corrected chi connectivity index (χ0v) is 17.9. The van der Waals surface area contributed by atoms with Gasteiger partial charge in [0.15, 0.2) is 0 Å². The maximum absolute atomic E-state index is 11.5. The summed E-state index contributed by atoms with van der Waals surface area (Å²) in [4.78, 5) is 13.2. The van der Waals surface area contributed by atoms with Crippen LogP contribution in [0.1, 0.15) is 71.3 Å². The lowest BCUT2D eigenvalue weighted by molar-refractivity contribution is 0.0101. The molecule has 1 aromatic rings. The van der Waals surface area contributed by atoms with Gasteiger partial charge in [0, 0.05) is 13.1 Å². The third-order valence-corrected chi connectivity index (χ3v) is 4.95. The fourth-order valence-corrected chi connectivity index (χ4v) is 3.36. The van der Waals surface area contributed by atoms with E-state index in [0.717, 1.165) is 5.75 Å². The van der Waals surface area contributed by atoms with E-state index < -0.39 is 5.60 Å². The lowest BCUT2D eigenvalue weighted by Gasteiger charge is -2.31. The minimum absolute atomic E-state index is 0.256. The second kappa shape index (κ2) is 11.1. The van der Waals surface area contributed by atoms with E-state index in [-0.39, 0.29) is 12.2 Å². The maximum atomic E-state index is 11.5. The van der Waals surface area contributed by atoms with E-state index in [9.17, 15) is 9.90 Å². The highest BCUT2D eigenvalue weighted by atomic mass is 16.6. The van der Waals surface area contributed by atoms with Crippen LogP contribution in [0.25, 0.3) is 0 Å². The Kier molecular flexibility index (Phi) is 8.78. The number of aliphatic hydroxyl groups is 1. The minimum atomic E-state index is -0.437. The van der Waals surface area contributed by atoms with Crippen molar-refractivity contribution in [3.8, 4) is 11.8 Å². The maximum Gasteiger partial charge on any atom is 0.410 e. The van der Waals surface area contributed by atoms with E-state index in [1.807, 2.05) is 32.9 Å². The van der Waals surface area contributed by atoms with Gasteiger partial charge in [0.1, 0.15) is 11.4 Å². The molecule has 0 atom stereocenters. The van der Waals surface area contributed by atoms with E-state index in [1.165, 1.54) is 32.1 Å². The summed E-state index contributed by atoms with van der Waals surface area (Å²) in [5, 5.41) is 17.9. The average molecular weight is 403 g/mol. The molecule has 1 saturated carbocycles. The molecule has 0 radical (unpaired) electrons. The lowest BCUT2D eigenvalue weighted by Crippen LogP contribution is -2.42. The van der Waals surface area contributed by atoms with Crippen molar-refractivity contribution >= 4 is 6.09 Å². The number of piperidine rings is 1. The second-order valence-electron chi connectivity index (χ2n) is 8.71. The zero-order valence-electron chi connectivity index (χ0n) is 17.9. The van der Waals surface area contributed by atoms with Gasteiger partial charge in [-0.2, -0.15) is 5.26 Å². The number of carbonyl (C=O) groups excluding carboxylic acids is 1. The van der Waals surface area contributed by atoms with Crippen LogP contribution in [0.4, 0.5) is 4.79 Å². The molecule has 1 saturated heterocycles. The number of benzene rings is 1. The standard InChI is InChI=1S/C13H15NO.C10H19NO3/c14-10-11-6-8-13(9-7-11)15-12-4-2-1-3-5-12;1-10(2,3)14-9(13)11-6-4-8(12)5-7-11/h6-9,12H,1-5H2;8,12H,4-7H2,1-3H3. The van der Waals surface area contributed by atoms with Gasteiger partial charge < -0.3 is 19.5 Å². The Balaban J connectivity index is 0.000000208. The van der Waals surface area contributed by atoms with Crippen LogP contribution in [-0.2, 0) is 4.74 Å². The first-order valence-corrected chi connectivity index (χ1v) is 10.6. The fourth-order valence-electron chi connectivity index (χ4n) is 3.36. The van der Waals surface area contributed by atoms with Crippen LogP contribution in [0, 0.1) is 11.3 Å². The van der Waals surface area contributed by atoms with Gasteiger partial charge in [-0.15, -0.1) is 0 Å². The number of nitriles is 1. The van der Waals surface area contributed by atoms with Gasteiger partial charge in [0.05, 0.1) is 23.8 Å². The molecule has 29 heavy (non-hydrogen) atoms. The minimum Gasteiger partial charge on any atom is -0.490 e. The predicted octanol–water partition coefficient (Wildman–Crippen LogP) is 4.65. The van der Waals surface area contributed by atoms with Crippen LogP contribution in [0.5, 0.6) is 5.75 Å². The van der Waals surface area contributed by atoms with Crippen LogP contribution in [0.3, 0.4) is 0 Å². The molecule has 6 nitrogen and oxygen atoms in total. The Hall–Kier alpha value is -2.26. The number of aliphatic hydroxyl groups excluding tert-OH is 1. The summed E-state index contributed by atoms with van der Waals surface area (Å²) in [6.07, 6.45) is 7.39. The molecule has 160 valence electrons. The van der Waals surface area contributed by atoms with Crippen molar-refractivity contribution in [2.45, 2.75) is 83.5 Å². The Morgan fingerprint density at radius 2 is 1.66 bits per heavy atom. The number of carbonyl (C=O) groups is 1. The molecular weight excluding hydrogens is 368 g/mol. The molecule has 1 heterocycles. The molecule has 2 aliphatic rings. The molecule has 1 N–H and O–H groups in total. The smallest absolute Gasteiger partial charge is 0.410 e. The van der Waals surface area contributed by atoms with Crippen molar-refractivity contribution in [3.05, 3.63) is 29.8 Å². The van der Waals surface area contributed by atoms with Crippen LogP contribution in [0.2, 0.25) is 0 Å². The summed E-state index contributed by atoms with van der Waals surface area (Å²) in [7, 11) is 0. The highest BCUT2D eigenvalue weighted by molar-refractivity contribution is 5.68. The zero-order chi connectivity index (χ0) is 21.3. The normalized spacial score (nSPS) is 18.2. The van der Waals surface area contributed by atoms with Crippen molar-refractivity contribution in [3.63, 3.8) is 0 Å². The average Bonchev–Trinajstić information content (AvgIpc) is 2.69. The third-order valence-electron chi connectivity index (χ3n) is 4.95. The molecule has 0 spiro atoms. The van der Waals surface area contributed by atoms with Gasteiger partial charge in [0.2, 0.25) is 0 Å². The van der Waals surface area contributed by atoms with E-state index in [4.69, 9.17) is 14.7 Å². The Morgan fingerprint density at radius 1 is 1.07 bits per heavy atom. The van der Waals surface area contributed by atoms with Gasteiger partial charge in [-0.05, 0) is 83.6 Å². The molecule has 3 rings (SSSR count). The van der Waals surface area contributed by atoms with Crippen LogP contribution in [-0.4, -0.2) is 47.0 Å². The van der Waals surface area contributed by atoms with Crippen molar-refractivity contribution < 1.29 is 19.4 Å². The van der Waals surface area contributed by atoms with Gasteiger partial charge in [-0.3, -0.25) is 0 Å². The van der Waals surface area contributed by atoms with Crippen LogP contribution in [0.15, 0.2) is 24.3 Å². The highest BCUT2D eigenvalue weighted by Crippen LogP contribution is 2.23. The molecule has 0 unspecified atom stereocenters. The first kappa shape index (κ1) is 23.0. The summed E-state index contributed by atoms with van der Waals surface area (Å²) in [6.45, 7) is 6.74. The largest absolute Gasteiger partial charge is 0.490 e. The van der Waals surface area contributed by atoms with Crippen LogP contribution < -0.4 is 4.74 Å². The Bertz CT molecular complexity index is 662. The molecule has 1 aliphatic carbocycles. The Morgan fingerprint density at radius 3 is 2.17 bits per heavy atom. The SMILES string of the molecule is CC(C)(C)OC(=O)N1CCC(O)CC1.N#Cc1ccc(OC2CCCCC2)cc1. The number of hydrogen-bond donors (Lipinski definition) is 1. The topological polar surface area (TPSA) is 82.8 Å². The van der Waals surface area contributed by atoms with E-state index in [1.54, 1.807) is 17.0 Å². The van der Waals surface area contributed by atoms with Crippen molar-refractivity contribution in [1.82, 2.24) is 4.90 Å². The lowest BCUT2D eigenvalue weighted by atomic mass is 9.98. The van der Waals surface area contributed by atoms with E-state index >= 15 is 0 Å². The summed E-state index contributed by atoms with van der Waals surface area (Å²) in [6, 6.07) is 9.47. The molecule has 6 heteroatoms. The molecule has 0 aromatic heterocycles. The third kappa shape index (κ3) is 8.74. The molecule has 0 bridgehead atoms. The van der Waals surface area contributed by atoms with Crippen molar-refractivity contribution in [2.24, 2.45) is 0 Å². The number of amides is 1. The molecule has 1 aromatic carbocycles. The van der Waals surface area contributed by atoms with E-state index in [2.05, 4.69) is 6.07 Å². The van der Waals surface area contributed by atoms with Crippen molar-refractivity contribution in [1.29, 1.82) is 5.26 Å². The fraction of sp³-hybridized carbons (Fsp3) is 0.652. The molecule has 2 fully saturated rings. The first-order chi connectivity index (χ1) is 13.8. The monoisotopic (exact) mass is 402 g/mol. The number of rotatable bonds is 2. The molecular formula is C23H34N2O4.